The minimum atomic E-state index is -0.0185. The summed E-state index contributed by atoms with van der Waals surface area (Å²) in [6, 6.07) is 6.37. The summed E-state index contributed by atoms with van der Waals surface area (Å²) in [5, 5.41) is 13.1. The van der Waals surface area contributed by atoms with Crippen molar-refractivity contribution in [2.45, 2.75) is 0 Å². The topological polar surface area (TPSA) is 63.3 Å². The number of hydrogen-bond donors (Lipinski definition) is 1. The number of rotatable bonds is 2. The minimum absolute atomic E-state index is 0.0185. The summed E-state index contributed by atoms with van der Waals surface area (Å²) in [4.78, 5) is 10.5. The highest BCUT2D eigenvalue weighted by atomic mass is 35.5. The second-order valence-corrected chi connectivity index (χ2v) is 3.26. The molecule has 2 aromatic rings. The molecule has 1 aromatic carbocycles. The SMILES string of the molecule is O=Cc1onc(-c2cccc(O)c2)c1Cl. The first kappa shape index (κ1) is 9.73. The number of benzene rings is 1. The third-order valence-corrected chi connectivity index (χ3v) is 2.25. The number of nitrogens with zero attached hydrogens (tertiary/aromatic N) is 1. The molecule has 1 heterocycles. The summed E-state index contributed by atoms with van der Waals surface area (Å²) >= 11 is 5.84. The molecule has 2 rings (SSSR count). The Labute approximate surface area is 90.1 Å². The summed E-state index contributed by atoms with van der Waals surface area (Å²) < 4.78 is 4.71. The average Bonchev–Trinajstić information content (AvgIpc) is 2.59. The van der Waals surface area contributed by atoms with Crippen molar-refractivity contribution in [1.82, 2.24) is 5.16 Å². The number of aromatic hydroxyl groups is 1. The standard InChI is InChI=1S/C10H6ClNO3/c11-9-8(5-13)15-12-10(9)6-2-1-3-7(14)4-6/h1-5,14H. The first-order valence-corrected chi connectivity index (χ1v) is 4.50. The molecule has 0 atom stereocenters. The molecule has 5 heteroatoms. The van der Waals surface area contributed by atoms with Crippen molar-refractivity contribution in [3.8, 4) is 17.0 Å². The van der Waals surface area contributed by atoms with Crippen LogP contribution < -0.4 is 0 Å². The Morgan fingerprint density at radius 2 is 2.27 bits per heavy atom. The molecule has 0 bridgehead atoms. The summed E-state index contributed by atoms with van der Waals surface area (Å²) in [6.07, 6.45) is 0.488. The van der Waals surface area contributed by atoms with Gasteiger partial charge in [0.15, 0.2) is 6.29 Å². The number of halogens is 1. The summed E-state index contributed by atoms with van der Waals surface area (Å²) in [6.45, 7) is 0. The molecule has 0 aliphatic heterocycles. The number of hydrogen-bond acceptors (Lipinski definition) is 4. The van der Waals surface area contributed by atoms with Crippen LogP contribution in [0.15, 0.2) is 28.8 Å². The molecule has 76 valence electrons. The Bertz CT molecular complexity index is 507. The molecule has 1 N–H and O–H groups in total. The van der Waals surface area contributed by atoms with Crippen LogP contribution in [0, 0.1) is 0 Å². The zero-order valence-electron chi connectivity index (χ0n) is 7.48. The van der Waals surface area contributed by atoms with Gasteiger partial charge in [0.05, 0.1) is 0 Å². The maximum atomic E-state index is 10.5. The van der Waals surface area contributed by atoms with Gasteiger partial charge in [-0.3, -0.25) is 4.79 Å². The zero-order chi connectivity index (χ0) is 10.8. The minimum Gasteiger partial charge on any atom is -0.508 e. The molecule has 4 nitrogen and oxygen atoms in total. The van der Waals surface area contributed by atoms with Crippen molar-refractivity contribution in [3.63, 3.8) is 0 Å². The molecule has 0 aliphatic carbocycles. The van der Waals surface area contributed by atoms with Crippen LogP contribution in [0.3, 0.4) is 0 Å². The van der Waals surface area contributed by atoms with Crippen molar-refractivity contribution in [1.29, 1.82) is 0 Å². The Balaban J connectivity index is 2.54. The van der Waals surface area contributed by atoms with Crippen LogP contribution in [-0.4, -0.2) is 16.5 Å². The van der Waals surface area contributed by atoms with Crippen molar-refractivity contribution in [3.05, 3.63) is 35.0 Å². The normalized spacial score (nSPS) is 10.2. The molecular weight excluding hydrogens is 218 g/mol. The molecule has 1 aromatic heterocycles. The summed E-state index contributed by atoms with van der Waals surface area (Å²) in [5.41, 5.74) is 0.937. The molecule has 0 fully saturated rings. The predicted molar refractivity (Wildman–Crippen MR) is 54.0 cm³/mol. The number of phenols is 1. The molecular formula is C10H6ClNO3. The second-order valence-electron chi connectivity index (χ2n) is 2.88. The van der Waals surface area contributed by atoms with E-state index in [1.807, 2.05) is 0 Å². The van der Waals surface area contributed by atoms with Crippen LogP contribution in [-0.2, 0) is 0 Å². The fourth-order valence-corrected chi connectivity index (χ4v) is 1.42. The van der Waals surface area contributed by atoms with Gasteiger partial charge in [-0.25, -0.2) is 0 Å². The van der Waals surface area contributed by atoms with Gasteiger partial charge in [0, 0.05) is 5.56 Å². The summed E-state index contributed by atoms with van der Waals surface area (Å²) in [5.74, 6) is 0.0780. The molecule has 0 spiro atoms. The third-order valence-electron chi connectivity index (χ3n) is 1.89. The van der Waals surface area contributed by atoms with Gasteiger partial charge in [-0.15, -0.1) is 0 Å². The fraction of sp³-hybridized carbons (Fsp3) is 0. The Morgan fingerprint density at radius 1 is 1.47 bits per heavy atom. The van der Waals surface area contributed by atoms with Gasteiger partial charge in [-0.05, 0) is 12.1 Å². The zero-order valence-corrected chi connectivity index (χ0v) is 8.23. The maximum absolute atomic E-state index is 10.5. The van der Waals surface area contributed by atoms with Crippen LogP contribution in [0.25, 0.3) is 11.3 Å². The van der Waals surface area contributed by atoms with E-state index in [1.54, 1.807) is 12.1 Å². The van der Waals surface area contributed by atoms with Crippen molar-refractivity contribution in [2.24, 2.45) is 0 Å². The van der Waals surface area contributed by atoms with Gasteiger partial charge in [0.2, 0.25) is 5.76 Å². The number of phenolic OH excluding ortho intramolecular Hbond substituents is 1. The van der Waals surface area contributed by atoms with Gasteiger partial charge in [0.25, 0.3) is 0 Å². The van der Waals surface area contributed by atoms with E-state index in [0.717, 1.165) is 0 Å². The number of carbonyl (C=O) groups is 1. The second kappa shape index (κ2) is 3.74. The van der Waals surface area contributed by atoms with Crippen molar-refractivity contribution in [2.75, 3.05) is 0 Å². The monoisotopic (exact) mass is 223 g/mol. The summed E-state index contributed by atoms with van der Waals surface area (Å²) in [7, 11) is 0. The lowest BCUT2D eigenvalue weighted by Crippen LogP contribution is -1.78. The molecule has 0 aliphatic rings. The smallest absolute Gasteiger partial charge is 0.218 e. The van der Waals surface area contributed by atoms with Gasteiger partial charge >= 0.3 is 0 Å². The van der Waals surface area contributed by atoms with Gasteiger partial charge < -0.3 is 9.63 Å². The van der Waals surface area contributed by atoms with Crippen LogP contribution in [0.1, 0.15) is 10.6 Å². The lowest BCUT2D eigenvalue weighted by atomic mass is 10.1. The van der Waals surface area contributed by atoms with E-state index in [0.29, 0.717) is 17.5 Å². The highest BCUT2D eigenvalue weighted by molar-refractivity contribution is 6.35. The van der Waals surface area contributed by atoms with Gasteiger partial charge in [-0.1, -0.05) is 28.9 Å². The maximum Gasteiger partial charge on any atom is 0.218 e. The van der Waals surface area contributed by atoms with E-state index in [-0.39, 0.29) is 16.5 Å². The molecule has 0 saturated carbocycles. The molecule has 0 amide bonds. The highest BCUT2D eigenvalue weighted by Crippen LogP contribution is 2.30. The molecule has 15 heavy (non-hydrogen) atoms. The van der Waals surface area contributed by atoms with E-state index in [1.165, 1.54) is 12.1 Å². The molecule has 0 saturated heterocycles. The van der Waals surface area contributed by atoms with Crippen LogP contribution >= 0.6 is 11.6 Å². The highest BCUT2D eigenvalue weighted by Gasteiger charge is 2.14. The van der Waals surface area contributed by atoms with E-state index in [2.05, 4.69) is 5.16 Å². The van der Waals surface area contributed by atoms with E-state index >= 15 is 0 Å². The Kier molecular flexibility index (Phi) is 2.43. The number of aldehydes is 1. The Hall–Kier alpha value is -1.81. The van der Waals surface area contributed by atoms with E-state index in [4.69, 9.17) is 16.1 Å². The molecule has 0 unspecified atom stereocenters. The third kappa shape index (κ3) is 1.71. The lowest BCUT2D eigenvalue weighted by Gasteiger charge is -1.96. The average molecular weight is 224 g/mol. The van der Waals surface area contributed by atoms with Crippen LogP contribution in [0.5, 0.6) is 5.75 Å². The molecule has 0 radical (unpaired) electrons. The fourth-order valence-electron chi connectivity index (χ4n) is 1.20. The van der Waals surface area contributed by atoms with E-state index < -0.39 is 0 Å². The Morgan fingerprint density at radius 3 is 2.87 bits per heavy atom. The van der Waals surface area contributed by atoms with E-state index in [9.17, 15) is 9.90 Å². The van der Waals surface area contributed by atoms with Gasteiger partial charge in [-0.2, -0.15) is 0 Å². The van der Waals surface area contributed by atoms with Crippen molar-refractivity contribution >= 4 is 17.9 Å². The first-order chi connectivity index (χ1) is 7.22. The quantitative estimate of drug-likeness (QED) is 0.795. The number of aromatic nitrogens is 1. The van der Waals surface area contributed by atoms with Crippen molar-refractivity contribution < 1.29 is 14.4 Å². The number of carbonyl (C=O) groups excluding carboxylic acids is 1. The van der Waals surface area contributed by atoms with Crippen LogP contribution in [0.4, 0.5) is 0 Å². The lowest BCUT2D eigenvalue weighted by molar-refractivity contribution is 0.109. The van der Waals surface area contributed by atoms with Gasteiger partial charge in [0.1, 0.15) is 16.5 Å². The predicted octanol–water partition coefficient (Wildman–Crippen LogP) is 2.51. The largest absolute Gasteiger partial charge is 0.508 e. The first-order valence-electron chi connectivity index (χ1n) is 4.12. The van der Waals surface area contributed by atoms with Crippen LogP contribution in [0.2, 0.25) is 5.02 Å².